The van der Waals surface area contributed by atoms with Crippen molar-refractivity contribution >= 4 is 9.84 Å². The lowest BCUT2D eigenvalue weighted by Crippen LogP contribution is -2.53. The molecular formula is C20H19F7O3S. The SMILES string of the molecule is O=S(=O)(c1ccc(C(F)(F)F)cc1)C1(C2C=C(F)C=CC2C(F)(F)F)CCC(O)CC1. The summed E-state index contributed by atoms with van der Waals surface area (Å²) in [5, 5.41) is 9.83. The fourth-order valence-corrected chi connectivity index (χ4v) is 6.68. The molecule has 0 radical (unpaired) electrons. The van der Waals surface area contributed by atoms with Gasteiger partial charge in [-0.1, -0.05) is 6.08 Å². The first-order chi connectivity index (χ1) is 14.2. The quantitative estimate of drug-likeness (QED) is 0.602. The highest BCUT2D eigenvalue weighted by atomic mass is 32.2. The largest absolute Gasteiger partial charge is 0.416 e. The van der Waals surface area contributed by atoms with Crippen molar-refractivity contribution in [3.63, 3.8) is 0 Å². The summed E-state index contributed by atoms with van der Waals surface area (Å²) < 4.78 is 119. The number of halogens is 7. The van der Waals surface area contributed by atoms with Crippen LogP contribution in [0.15, 0.2) is 53.2 Å². The zero-order chi connectivity index (χ0) is 23.2. The van der Waals surface area contributed by atoms with Gasteiger partial charge in [-0.3, -0.25) is 0 Å². The van der Waals surface area contributed by atoms with Crippen LogP contribution in [0, 0.1) is 11.8 Å². The summed E-state index contributed by atoms with van der Waals surface area (Å²) in [6.07, 6.45) is -9.81. The lowest BCUT2D eigenvalue weighted by atomic mass is 9.70. The Kier molecular flexibility index (Phi) is 6.07. The second kappa shape index (κ2) is 7.91. The molecule has 0 bridgehead atoms. The molecule has 3 nitrogen and oxygen atoms in total. The monoisotopic (exact) mass is 472 g/mol. The van der Waals surface area contributed by atoms with E-state index in [1.54, 1.807) is 0 Å². The van der Waals surface area contributed by atoms with E-state index in [2.05, 4.69) is 0 Å². The van der Waals surface area contributed by atoms with Crippen molar-refractivity contribution in [2.24, 2.45) is 11.8 Å². The van der Waals surface area contributed by atoms with Crippen LogP contribution in [0.2, 0.25) is 0 Å². The summed E-state index contributed by atoms with van der Waals surface area (Å²) in [5.74, 6) is -5.16. The minimum absolute atomic E-state index is 0.139. The molecule has 31 heavy (non-hydrogen) atoms. The Balaban J connectivity index is 2.15. The molecule has 172 valence electrons. The van der Waals surface area contributed by atoms with Gasteiger partial charge in [0.25, 0.3) is 0 Å². The van der Waals surface area contributed by atoms with E-state index in [1.165, 1.54) is 0 Å². The molecule has 1 aromatic carbocycles. The Morgan fingerprint density at radius 2 is 1.52 bits per heavy atom. The first-order valence-electron chi connectivity index (χ1n) is 9.41. The number of aliphatic hydroxyl groups excluding tert-OH is 1. The minimum atomic E-state index is -4.88. The number of rotatable bonds is 3. The molecule has 1 saturated carbocycles. The Morgan fingerprint density at radius 3 is 2.00 bits per heavy atom. The minimum Gasteiger partial charge on any atom is -0.393 e. The predicted molar refractivity (Wildman–Crippen MR) is 97.2 cm³/mol. The number of allylic oxidation sites excluding steroid dienone is 4. The highest BCUT2D eigenvalue weighted by Gasteiger charge is 2.58. The van der Waals surface area contributed by atoms with Gasteiger partial charge in [0.1, 0.15) is 5.83 Å². The molecule has 2 aliphatic rings. The molecule has 2 atom stereocenters. The average molecular weight is 472 g/mol. The van der Waals surface area contributed by atoms with Crippen molar-refractivity contribution in [3.05, 3.63) is 53.9 Å². The molecule has 3 rings (SSSR count). The molecule has 0 amide bonds. The summed E-state index contributed by atoms with van der Waals surface area (Å²) in [7, 11) is -4.65. The molecule has 2 aliphatic carbocycles. The fourth-order valence-electron chi connectivity index (χ4n) is 4.37. The summed E-state index contributed by atoms with van der Waals surface area (Å²) in [6.45, 7) is 0. The van der Waals surface area contributed by atoms with Crippen molar-refractivity contribution < 1.29 is 44.3 Å². The van der Waals surface area contributed by atoms with Crippen LogP contribution in [-0.2, 0) is 16.0 Å². The number of sulfone groups is 1. The van der Waals surface area contributed by atoms with Crippen LogP contribution in [0.1, 0.15) is 31.2 Å². The van der Waals surface area contributed by atoms with Crippen LogP contribution >= 0.6 is 0 Å². The Hall–Kier alpha value is -1.88. The summed E-state index contributed by atoms with van der Waals surface area (Å²) >= 11 is 0. The van der Waals surface area contributed by atoms with E-state index in [0.717, 1.165) is 0 Å². The maximum atomic E-state index is 14.0. The lowest BCUT2D eigenvalue weighted by Gasteiger charge is -2.46. The molecule has 2 unspecified atom stereocenters. The number of aliphatic hydroxyl groups is 1. The van der Waals surface area contributed by atoms with Crippen LogP contribution in [0.5, 0.6) is 0 Å². The van der Waals surface area contributed by atoms with Crippen molar-refractivity contribution in [1.82, 2.24) is 0 Å². The molecule has 0 heterocycles. The Morgan fingerprint density at radius 1 is 0.968 bits per heavy atom. The van der Waals surface area contributed by atoms with E-state index in [-0.39, 0.29) is 12.8 Å². The van der Waals surface area contributed by atoms with E-state index in [0.29, 0.717) is 42.5 Å². The maximum Gasteiger partial charge on any atom is 0.416 e. The molecule has 0 aliphatic heterocycles. The molecule has 0 spiro atoms. The summed E-state index contributed by atoms with van der Waals surface area (Å²) in [4.78, 5) is -0.582. The van der Waals surface area contributed by atoms with Crippen LogP contribution in [-0.4, -0.2) is 30.6 Å². The normalized spacial score (nSPS) is 30.2. The zero-order valence-electron chi connectivity index (χ0n) is 15.9. The van der Waals surface area contributed by atoms with Crippen molar-refractivity contribution in [3.8, 4) is 0 Å². The first-order valence-corrected chi connectivity index (χ1v) is 10.9. The second-order valence-electron chi connectivity index (χ2n) is 7.83. The molecule has 0 saturated heterocycles. The van der Waals surface area contributed by atoms with Crippen LogP contribution in [0.25, 0.3) is 0 Å². The van der Waals surface area contributed by atoms with Gasteiger partial charge in [0, 0.05) is 5.92 Å². The summed E-state index contributed by atoms with van der Waals surface area (Å²) in [5.41, 5.74) is -1.11. The third kappa shape index (κ3) is 4.39. The fraction of sp³-hybridized carbons (Fsp3) is 0.500. The van der Waals surface area contributed by atoms with E-state index >= 15 is 0 Å². The molecule has 1 aromatic rings. The molecule has 1 N–H and O–H groups in total. The molecule has 1 fully saturated rings. The average Bonchev–Trinajstić information content (AvgIpc) is 2.67. The third-order valence-corrected chi connectivity index (χ3v) is 8.65. The van der Waals surface area contributed by atoms with Gasteiger partial charge in [-0.05, 0) is 62.1 Å². The van der Waals surface area contributed by atoms with E-state index in [1.807, 2.05) is 0 Å². The number of hydrogen-bond donors (Lipinski definition) is 1. The third-order valence-electron chi connectivity index (χ3n) is 6.00. The van der Waals surface area contributed by atoms with Crippen molar-refractivity contribution in [2.75, 3.05) is 0 Å². The van der Waals surface area contributed by atoms with Gasteiger partial charge in [-0.15, -0.1) is 0 Å². The van der Waals surface area contributed by atoms with Gasteiger partial charge >= 0.3 is 12.4 Å². The molecule has 0 aromatic heterocycles. The Bertz CT molecular complexity index is 968. The van der Waals surface area contributed by atoms with E-state index in [4.69, 9.17) is 0 Å². The topological polar surface area (TPSA) is 54.4 Å². The van der Waals surface area contributed by atoms with Crippen molar-refractivity contribution in [2.45, 2.75) is 53.8 Å². The van der Waals surface area contributed by atoms with Gasteiger partial charge in [0.15, 0.2) is 9.84 Å². The highest BCUT2D eigenvalue weighted by molar-refractivity contribution is 7.92. The van der Waals surface area contributed by atoms with E-state index < -0.39 is 74.0 Å². The van der Waals surface area contributed by atoms with Crippen molar-refractivity contribution in [1.29, 1.82) is 0 Å². The number of benzene rings is 1. The van der Waals surface area contributed by atoms with Crippen LogP contribution < -0.4 is 0 Å². The number of hydrogen-bond acceptors (Lipinski definition) is 3. The van der Waals surface area contributed by atoms with E-state index in [9.17, 15) is 44.3 Å². The first kappa shape index (κ1) is 23.8. The van der Waals surface area contributed by atoms with Gasteiger partial charge in [0.2, 0.25) is 0 Å². The van der Waals surface area contributed by atoms with Gasteiger partial charge in [0.05, 0.1) is 27.2 Å². The van der Waals surface area contributed by atoms with Crippen LogP contribution in [0.4, 0.5) is 30.7 Å². The van der Waals surface area contributed by atoms with Crippen LogP contribution in [0.3, 0.4) is 0 Å². The van der Waals surface area contributed by atoms with Gasteiger partial charge in [-0.2, -0.15) is 26.3 Å². The Labute approximate surface area is 174 Å². The van der Waals surface area contributed by atoms with Gasteiger partial charge < -0.3 is 5.11 Å². The van der Waals surface area contributed by atoms with Gasteiger partial charge in [-0.25, -0.2) is 12.8 Å². The molecule has 11 heteroatoms. The smallest absolute Gasteiger partial charge is 0.393 e. The summed E-state index contributed by atoms with van der Waals surface area (Å²) in [6, 6.07) is 2.48. The second-order valence-corrected chi connectivity index (χ2v) is 10.1. The lowest BCUT2D eigenvalue weighted by molar-refractivity contribution is -0.174. The zero-order valence-corrected chi connectivity index (χ0v) is 16.7. The maximum absolute atomic E-state index is 14.0. The number of alkyl halides is 6. The standard InChI is InChI=1S/C20H19F7O3S/c21-13-3-6-16(20(25,26)27)17(11-13)18(9-7-14(28)8-10-18)31(29,30)15-4-1-12(2-5-15)19(22,23)24/h1-6,11,14,16-17,28H,7-10H2. The highest BCUT2D eigenvalue weighted by Crippen LogP contribution is 2.52. The predicted octanol–water partition coefficient (Wildman–Crippen LogP) is 5.37. The molecular weight excluding hydrogens is 453 g/mol.